The molecule has 5 rings (SSSR count). The van der Waals surface area contributed by atoms with Crippen molar-refractivity contribution in [3.63, 3.8) is 0 Å². The lowest BCUT2D eigenvalue weighted by atomic mass is 9.47. The molecule has 334 valence electrons. The standard InChI is InChI=1S/C51H88O7/c1-8-10-11-12-13-14-15-16-17-18-19-20-21-22-45(52)56-34-44-46(53)47(54)48(55)49(58-44)57-39-29-31-50(6)38(33-39)25-26-40-42-28-27-41(51(42,7)32-30-43(40)50)36(5)23-24-37(9-2)35(3)4/h23-25,35-37,39-44,46-49,53-55H,8-22,26-34H2,1-7H3/b24-23+/t36-,37-,39+,40+,41-,42+,43+,44-,46-,47+,48-,49-,50+,51-/m1/s1. The quantitative estimate of drug-likeness (QED) is 0.0536. The van der Waals surface area contributed by atoms with Crippen LogP contribution >= 0.6 is 0 Å². The van der Waals surface area contributed by atoms with Gasteiger partial charge in [-0.05, 0) is 116 Å². The molecular weight excluding hydrogens is 725 g/mol. The Morgan fingerprint density at radius 1 is 0.810 bits per heavy atom. The molecule has 58 heavy (non-hydrogen) atoms. The highest BCUT2D eigenvalue weighted by molar-refractivity contribution is 5.69. The number of carbonyl (C=O) groups is 1. The third-order valence-corrected chi connectivity index (χ3v) is 16.6. The zero-order chi connectivity index (χ0) is 41.9. The lowest BCUT2D eigenvalue weighted by Crippen LogP contribution is -2.60. The van der Waals surface area contributed by atoms with Gasteiger partial charge in [0.2, 0.25) is 0 Å². The Morgan fingerprint density at radius 2 is 1.47 bits per heavy atom. The number of hydrogen-bond acceptors (Lipinski definition) is 7. The summed E-state index contributed by atoms with van der Waals surface area (Å²) in [7, 11) is 0. The lowest BCUT2D eigenvalue weighted by Gasteiger charge is -2.58. The second kappa shape index (κ2) is 22.7. The van der Waals surface area contributed by atoms with Crippen LogP contribution in [0.3, 0.4) is 0 Å². The molecule has 3 N–H and O–H groups in total. The van der Waals surface area contributed by atoms with Gasteiger partial charge in [-0.1, -0.05) is 149 Å². The molecule has 7 nitrogen and oxygen atoms in total. The Hall–Kier alpha value is -1.25. The van der Waals surface area contributed by atoms with Crippen LogP contribution < -0.4 is 0 Å². The molecule has 5 aliphatic rings. The molecule has 0 amide bonds. The molecular formula is C51H88O7. The minimum atomic E-state index is -1.44. The maximum Gasteiger partial charge on any atom is 0.305 e. The zero-order valence-corrected chi connectivity index (χ0v) is 38.2. The molecule has 0 spiro atoms. The number of rotatable bonds is 23. The summed E-state index contributed by atoms with van der Waals surface area (Å²) in [6.45, 7) is 16.7. The van der Waals surface area contributed by atoms with E-state index in [4.69, 9.17) is 14.2 Å². The van der Waals surface area contributed by atoms with Crippen LogP contribution in [0.2, 0.25) is 0 Å². The van der Waals surface area contributed by atoms with Crippen LogP contribution in [0.15, 0.2) is 23.8 Å². The van der Waals surface area contributed by atoms with Gasteiger partial charge in [0.1, 0.15) is 31.0 Å². The van der Waals surface area contributed by atoms with Crippen LogP contribution in [-0.4, -0.2) is 64.7 Å². The van der Waals surface area contributed by atoms with Crippen molar-refractivity contribution in [1.82, 2.24) is 0 Å². The smallest absolute Gasteiger partial charge is 0.305 e. The highest BCUT2D eigenvalue weighted by atomic mass is 16.7. The summed E-state index contributed by atoms with van der Waals surface area (Å²) in [6, 6.07) is 0. The first-order valence-corrected chi connectivity index (χ1v) is 24.7. The summed E-state index contributed by atoms with van der Waals surface area (Å²) < 4.78 is 18.0. The summed E-state index contributed by atoms with van der Waals surface area (Å²) in [4.78, 5) is 12.6. The van der Waals surface area contributed by atoms with Gasteiger partial charge in [0.25, 0.3) is 0 Å². The SMILES string of the molecule is CCCCCCCCCCCCCCCC(=O)OC[C@H]1O[C@@H](O[C@H]2CC[C@@]3(C)C(=CC[C@H]4[C@@H]5CC[C@H]([C@H](C)/C=C/[C@@H](CC)C(C)C)[C@@]5(C)CC[C@@H]43)C2)[C@H](O)[C@@H](O)[C@@H]1O. The van der Waals surface area contributed by atoms with Gasteiger partial charge in [-0.2, -0.15) is 0 Å². The summed E-state index contributed by atoms with van der Waals surface area (Å²) in [5.74, 6) is 4.62. The number of hydrogen-bond donors (Lipinski definition) is 3. The predicted octanol–water partition coefficient (Wildman–Crippen LogP) is 11.7. The van der Waals surface area contributed by atoms with Gasteiger partial charge in [0.15, 0.2) is 6.29 Å². The third kappa shape index (κ3) is 11.8. The normalized spacial score (nSPS) is 37.3. The molecule has 1 saturated heterocycles. The van der Waals surface area contributed by atoms with E-state index in [9.17, 15) is 20.1 Å². The first-order chi connectivity index (χ1) is 27.8. The molecule has 7 heteroatoms. The second-order valence-corrected chi connectivity index (χ2v) is 20.7. The van der Waals surface area contributed by atoms with Gasteiger partial charge in [0.05, 0.1) is 6.10 Å². The molecule has 0 aromatic heterocycles. The highest BCUT2D eigenvalue weighted by Crippen LogP contribution is 2.67. The molecule has 0 bridgehead atoms. The van der Waals surface area contributed by atoms with Crippen LogP contribution in [0.1, 0.15) is 196 Å². The minimum Gasteiger partial charge on any atom is -0.463 e. The Labute approximate surface area is 354 Å². The fourth-order valence-corrected chi connectivity index (χ4v) is 12.8. The van der Waals surface area contributed by atoms with E-state index < -0.39 is 30.7 Å². The molecule has 4 fully saturated rings. The number of esters is 1. The number of aliphatic hydroxyl groups excluding tert-OH is 3. The minimum absolute atomic E-state index is 0.146. The maximum absolute atomic E-state index is 12.6. The van der Waals surface area contributed by atoms with Crippen molar-refractivity contribution < 1.29 is 34.3 Å². The fourth-order valence-electron chi connectivity index (χ4n) is 12.8. The van der Waals surface area contributed by atoms with E-state index >= 15 is 0 Å². The monoisotopic (exact) mass is 813 g/mol. The number of ether oxygens (including phenoxy) is 3. The van der Waals surface area contributed by atoms with Crippen molar-refractivity contribution in [3.05, 3.63) is 23.8 Å². The van der Waals surface area contributed by atoms with Crippen molar-refractivity contribution in [1.29, 1.82) is 0 Å². The van der Waals surface area contributed by atoms with Crippen molar-refractivity contribution in [2.45, 2.75) is 233 Å². The van der Waals surface area contributed by atoms with Crippen LogP contribution in [0.4, 0.5) is 0 Å². The van der Waals surface area contributed by atoms with E-state index in [0.717, 1.165) is 62.7 Å². The van der Waals surface area contributed by atoms with Gasteiger partial charge in [-0.25, -0.2) is 0 Å². The second-order valence-electron chi connectivity index (χ2n) is 20.7. The van der Waals surface area contributed by atoms with Gasteiger partial charge < -0.3 is 29.5 Å². The first-order valence-electron chi connectivity index (χ1n) is 24.7. The van der Waals surface area contributed by atoms with E-state index in [2.05, 4.69) is 66.7 Å². The van der Waals surface area contributed by atoms with Crippen molar-refractivity contribution in [3.8, 4) is 0 Å². The Bertz CT molecular complexity index is 1300. The largest absolute Gasteiger partial charge is 0.463 e. The summed E-state index contributed by atoms with van der Waals surface area (Å²) >= 11 is 0. The first kappa shape index (κ1) is 47.8. The maximum atomic E-state index is 12.6. The summed E-state index contributed by atoms with van der Waals surface area (Å²) in [5.41, 5.74) is 2.05. The van der Waals surface area contributed by atoms with Crippen LogP contribution in [-0.2, 0) is 19.0 Å². The molecule has 0 aromatic carbocycles. The third-order valence-electron chi connectivity index (χ3n) is 16.6. The Kier molecular flexibility index (Phi) is 18.7. The summed E-state index contributed by atoms with van der Waals surface area (Å²) in [5, 5.41) is 32.5. The van der Waals surface area contributed by atoms with Crippen LogP contribution in [0.5, 0.6) is 0 Å². The number of fused-ring (bicyclic) bond motifs is 5. The molecule has 0 radical (unpaired) electrons. The number of unbranched alkanes of at least 4 members (excludes halogenated alkanes) is 12. The van der Waals surface area contributed by atoms with Crippen molar-refractivity contribution >= 4 is 5.97 Å². The fraction of sp³-hybridized carbons (Fsp3) is 0.902. The van der Waals surface area contributed by atoms with E-state index in [1.807, 2.05) is 0 Å². The van der Waals surface area contributed by atoms with E-state index in [0.29, 0.717) is 35.5 Å². The number of aliphatic hydroxyl groups is 3. The Morgan fingerprint density at radius 3 is 2.10 bits per heavy atom. The molecule has 1 aliphatic heterocycles. The van der Waals surface area contributed by atoms with Gasteiger partial charge in [0, 0.05) is 6.42 Å². The van der Waals surface area contributed by atoms with Crippen LogP contribution in [0, 0.1) is 52.3 Å². The molecule has 4 aliphatic carbocycles. The van der Waals surface area contributed by atoms with Crippen molar-refractivity contribution in [2.24, 2.45) is 52.3 Å². The van der Waals surface area contributed by atoms with Gasteiger partial charge in [-0.15, -0.1) is 0 Å². The lowest BCUT2D eigenvalue weighted by molar-refractivity contribution is -0.313. The van der Waals surface area contributed by atoms with Crippen molar-refractivity contribution in [2.75, 3.05) is 6.61 Å². The highest BCUT2D eigenvalue weighted by Gasteiger charge is 2.59. The molecule has 0 unspecified atom stereocenters. The van der Waals surface area contributed by atoms with Gasteiger partial charge in [-0.3, -0.25) is 4.79 Å². The van der Waals surface area contributed by atoms with E-state index in [1.54, 1.807) is 0 Å². The Balaban J connectivity index is 1.05. The number of carbonyl (C=O) groups excluding carboxylic acids is 1. The number of allylic oxidation sites excluding steroid dienone is 3. The molecule has 3 saturated carbocycles. The molecule has 0 aromatic rings. The van der Waals surface area contributed by atoms with Crippen LogP contribution in [0.25, 0.3) is 0 Å². The average molecular weight is 813 g/mol. The zero-order valence-electron chi connectivity index (χ0n) is 38.2. The van der Waals surface area contributed by atoms with E-state index in [-0.39, 0.29) is 24.1 Å². The average Bonchev–Trinajstić information content (AvgIpc) is 3.56. The topological polar surface area (TPSA) is 105 Å². The summed E-state index contributed by atoms with van der Waals surface area (Å²) in [6.07, 6.45) is 28.1. The molecule has 14 atom stereocenters. The molecule has 1 heterocycles. The van der Waals surface area contributed by atoms with E-state index in [1.165, 1.54) is 102 Å². The van der Waals surface area contributed by atoms with Gasteiger partial charge >= 0.3 is 5.97 Å². The predicted molar refractivity (Wildman–Crippen MR) is 235 cm³/mol.